The number of hydrogen-bond donors (Lipinski definition) is 1. The summed E-state index contributed by atoms with van der Waals surface area (Å²) < 4.78 is 10.9. The number of ether oxygens (including phenoxy) is 2. The van der Waals surface area contributed by atoms with Gasteiger partial charge in [0.05, 0.1) is 32.5 Å². The van der Waals surface area contributed by atoms with E-state index in [1.807, 2.05) is 0 Å². The molecule has 4 nitrogen and oxygen atoms in total. The third-order valence-corrected chi connectivity index (χ3v) is 2.62. The van der Waals surface area contributed by atoms with E-state index in [4.69, 9.17) is 14.6 Å². The maximum atomic E-state index is 8.56. The number of morpholine rings is 1. The minimum atomic E-state index is 0.113. The Hall–Kier alpha value is -0.160. The third-order valence-electron chi connectivity index (χ3n) is 2.62. The van der Waals surface area contributed by atoms with Gasteiger partial charge in [0.25, 0.3) is 0 Å². The first kappa shape index (κ1) is 12.9. The number of rotatable bonds is 7. The molecule has 0 saturated carbocycles. The SMILES string of the molecule is CCCC1CN(CCOCCO)CCO1. The van der Waals surface area contributed by atoms with Gasteiger partial charge in [0, 0.05) is 19.6 Å². The van der Waals surface area contributed by atoms with E-state index in [-0.39, 0.29) is 6.61 Å². The third kappa shape index (κ3) is 5.47. The molecule has 1 rings (SSSR count). The van der Waals surface area contributed by atoms with E-state index in [1.54, 1.807) is 0 Å². The lowest BCUT2D eigenvalue weighted by Gasteiger charge is -2.32. The summed E-state index contributed by atoms with van der Waals surface area (Å²) >= 11 is 0. The van der Waals surface area contributed by atoms with Crippen LogP contribution in [0.1, 0.15) is 19.8 Å². The lowest BCUT2D eigenvalue weighted by atomic mass is 10.2. The minimum Gasteiger partial charge on any atom is -0.394 e. The number of hydrogen-bond acceptors (Lipinski definition) is 4. The van der Waals surface area contributed by atoms with Crippen molar-refractivity contribution in [2.75, 3.05) is 46.1 Å². The van der Waals surface area contributed by atoms with Crippen molar-refractivity contribution in [2.24, 2.45) is 0 Å². The summed E-state index contributed by atoms with van der Waals surface area (Å²) in [6.07, 6.45) is 2.73. The zero-order valence-corrected chi connectivity index (χ0v) is 9.65. The Labute approximate surface area is 92.2 Å². The molecule has 0 aromatic rings. The van der Waals surface area contributed by atoms with Crippen molar-refractivity contribution in [1.82, 2.24) is 4.90 Å². The topological polar surface area (TPSA) is 41.9 Å². The van der Waals surface area contributed by atoms with Crippen LogP contribution in [0.2, 0.25) is 0 Å². The second-order valence-electron chi connectivity index (χ2n) is 3.92. The van der Waals surface area contributed by atoms with Crippen LogP contribution in [0.15, 0.2) is 0 Å². The van der Waals surface area contributed by atoms with Crippen LogP contribution in [0, 0.1) is 0 Å². The Morgan fingerprint density at radius 2 is 2.33 bits per heavy atom. The van der Waals surface area contributed by atoms with Crippen molar-refractivity contribution in [3.8, 4) is 0 Å². The largest absolute Gasteiger partial charge is 0.394 e. The summed E-state index contributed by atoms with van der Waals surface area (Å²) in [5.74, 6) is 0. The van der Waals surface area contributed by atoms with Gasteiger partial charge in [-0.1, -0.05) is 13.3 Å². The van der Waals surface area contributed by atoms with Crippen molar-refractivity contribution in [1.29, 1.82) is 0 Å². The highest BCUT2D eigenvalue weighted by molar-refractivity contribution is 4.70. The molecule has 1 atom stereocenters. The molecule has 1 saturated heterocycles. The van der Waals surface area contributed by atoms with Crippen LogP contribution in [0.4, 0.5) is 0 Å². The summed E-state index contributed by atoms with van der Waals surface area (Å²) in [4.78, 5) is 2.38. The Balaban J connectivity index is 2.07. The quantitative estimate of drug-likeness (QED) is 0.630. The van der Waals surface area contributed by atoms with Gasteiger partial charge in [-0.25, -0.2) is 0 Å². The molecule has 0 bridgehead atoms. The van der Waals surface area contributed by atoms with Gasteiger partial charge >= 0.3 is 0 Å². The second kappa shape index (κ2) is 8.05. The van der Waals surface area contributed by atoms with Crippen LogP contribution in [0.3, 0.4) is 0 Å². The molecule has 0 spiro atoms. The van der Waals surface area contributed by atoms with Crippen molar-refractivity contribution in [3.63, 3.8) is 0 Å². The van der Waals surface area contributed by atoms with E-state index >= 15 is 0 Å². The molecule has 1 fully saturated rings. The highest BCUT2D eigenvalue weighted by Gasteiger charge is 2.18. The van der Waals surface area contributed by atoms with E-state index in [0.717, 1.165) is 32.7 Å². The monoisotopic (exact) mass is 217 g/mol. The van der Waals surface area contributed by atoms with E-state index in [2.05, 4.69) is 11.8 Å². The molecule has 1 aliphatic rings. The van der Waals surface area contributed by atoms with E-state index in [9.17, 15) is 0 Å². The molecule has 0 aromatic heterocycles. The zero-order valence-electron chi connectivity index (χ0n) is 9.65. The van der Waals surface area contributed by atoms with Gasteiger partial charge in [0.1, 0.15) is 0 Å². The van der Waals surface area contributed by atoms with Gasteiger partial charge in [0.2, 0.25) is 0 Å². The summed E-state index contributed by atoms with van der Waals surface area (Å²) in [7, 11) is 0. The van der Waals surface area contributed by atoms with Crippen molar-refractivity contribution >= 4 is 0 Å². The van der Waals surface area contributed by atoms with Gasteiger partial charge in [-0.3, -0.25) is 4.90 Å². The summed E-state index contributed by atoms with van der Waals surface area (Å²) in [6.45, 7) is 7.27. The lowest BCUT2D eigenvalue weighted by Crippen LogP contribution is -2.43. The molecule has 0 aromatic carbocycles. The molecule has 1 unspecified atom stereocenters. The van der Waals surface area contributed by atoms with Crippen molar-refractivity contribution in [3.05, 3.63) is 0 Å². The fraction of sp³-hybridized carbons (Fsp3) is 1.00. The van der Waals surface area contributed by atoms with Gasteiger partial charge in [0.15, 0.2) is 0 Å². The van der Waals surface area contributed by atoms with Gasteiger partial charge < -0.3 is 14.6 Å². The maximum Gasteiger partial charge on any atom is 0.0702 e. The second-order valence-corrected chi connectivity index (χ2v) is 3.92. The van der Waals surface area contributed by atoms with E-state index < -0.39 is 0 Å². The van der Waals surface area contributed by atoms with Crippen LogP contribution >= 0.6 is 0 Å². The first-order valence-electron chi connectivity index (χ1n) is 5.89. The minimum absolute atomic E-state index is 0.113. The van der Waals surface area contributed by atoms with Crippen molar-refractivity contribution < 1.29 is 14.6 Å². The maximum absolute atomic E-state index is 8.56. The smallest absolute Gasteiger partial charge is 0.0702 e. The van der Waals surface area contributed by atoms with Crippen LogP contribution in [0.25, 0.3) is 0 Å². The van der Waals surface area contributed by atoms with Crippen LogP contribution in [0.5, 0.6) is 0 Å². The molecule has 1 aliphatic heterocycles. The average molecular weight is 217 g/mol. The highest BCUT2D eigenvalue weighted by Crippen LogP contribution is 2.09. The van der Waals surface area contributed by atoms with Gasteiger partial charge in [-0.05, 0) is 6.42 Å². The summed E-state index contributed by atoms with van der Waals surface area (Å²) in [5, 5.41) is 8.56. The van der Waals surface area contributed by atoms with Gasteiger partial charge in [-0.2, -0.15) is 0 Å². The summed E-state index contributed by atoms with van der Waals surface area (Å²) in [5.41, 5.74) is 0. The first-order valence-corrected chi connectivity index (χ1v) is 5.89. The summed E-state index contributed by atoms with van der Waals surface area (Å²) in [6, 6.07) is 0. The molecule has 1 heterocycles. The van der Waals surface area contributed by atoms with E-state index in [1.165, 1.54) is 6.42 Å². The zero-order chi connectivity index (χ0) is 10.9. The Kier molecular flexibility index (Phi) is 6.92. The molecule has 0 radical (unpaired) electrons. The number of nitrogens with zero attached hydrogens (tertiary/aromatic N) is 1. The van der Waals surface area contributed by atoms with Crippen LogP contribution in [-0.2, 0) is 9.47 Å². The molecule has 15 heavy (non-hydrogen) atoms. The molecule has 90 valence electrons. The predicted octanol–water partition coefficient (Wildman–Crippen LogP) is 0.496. The molecule has 0 amide bonds. The fourth-order valence-electron chi connectivity index (χ4n) is 1.84. The Morgan fingerprint density at radius 3 is 3.07 bits per heavy atom. The number of aliphatic hydroxyl groups is 1. The molecular weight excluding hydrogens is 194 g/mol. The molecule has 4 heteroatoms. The molecular formula is C11H23NO3. The number of aliphatic hydroxyl groups excluding tert-OH is 1. The molecule has 0 aliphatic carbocycles. The Bertz CT molecular complexity index is 153. The van der Waals surface area contributed by atoms with Crippen LogP contribution in [-0.4, -0.2) is 62.2 Å². The van der Waals surface area contributed by atoms with Crippen LogP contribution < -0.4 is 0 Å². The van der Waals surface area contributed by atoms with E-state index in [0.29, 0.717) is 19.3 Å². The Morgan fingerprint density at radius 1 is 1.47 bits per heavy atom. The normalized spacial score (nSPS) is 23.2. The standard InChI is InChI=1S/C11H23NO3/c1-2-3-11-10-12(5-8-15-11)4-7-14-9-6-13/h11,13H,2-10H2,1H3. The molecule has 1 N–H and O–H groups in total. The van der Waals surface area contributed by atoms with Crippen molar-refractivity contribution in [2.45, 2.75) is 25.9 Å². The van der Waals surface area contributed by atoms with Gasteiger partial charge in [-0.15, -0.1) is 0 Å². The predicted molar refractivity (Wildman–Crippen MR) is 59.0 cm³/mol. The fourth-order valence-corrected chi connectivity index (χ4v) is 1.84. The first-order chi connectivity index (χ1) is 7.36. The highest BCUT2D eigenvalue weighted by atomic mass is 16.5. The average Bonchev–Trinajstić information content (AvgIpc) is 2.26. The lowest BCUT2D eigenvalue weighted by molar-refractivity contribution is -0.0406.